The molecule has 0 saturated carbocycles. The fraction of sp³-hybridized carbons (Fsp3) is 0.235. The molecule has 0 radical (unpaired) electrons. The predicted molar refractivity (Wildman–Crippen MR) is 396 cm³/mol. The molecule has 13 aromatic rings. The lowest BCUT2D eigenvalue weighted by Gasteiger charge is -2.45. The van der Waals surface area contributed by atoms with Crippen molar-refractivity contribution in [1.29, 1.82) is 0 Å². The Kier molecular flexibility index (Phi) is 13.7. The van der Waals surface area contributed by atoms with Gasteiger partial charge in [-0.05, 0) is 174 Å². The molecule has 0 atom stereocenters. The molecule has 2 aliphatic heterocycles. The van der Waals surface area contributed by atoms with Crippen LogP contribution in [0.2, 0.25) is 0 Å². The molecule has 0 saturated heterocycles. The lowest BCUT2D eigenvalue weighted by Crippen LogP contribution is -2.61. The summed E-state index contributed by atoms with van der Waals surface area (Å²) in [6.07, 6.45) is 0. The van der Waals surface area contributed by atoms with Crippen LogP contribution in [0.3, 0.4) is 0 Å². The van der Waals surface area contributed by atoms with Gasteiger partial charge in [0.1, 0.15) is 22.8 Å². The summed E-state index contributed by atoms with van der Waals surface area (Å²) < 4.78 is 14.3. The minimum atomic E-state index is -0.308. The van der Waals surface area contributed by atoms with Crippen molar-refractivity contribution in [3.8, 4) is 0 Å². The van der Waals surface area contributed by atoms with Crippen molar-refractivity contribution in [2.45, 2.75) is 131 Å². The van der Waals surface area contributed by atoms with Crippen LogP contribution in [0.25, 0.3) is 43.9 Å². The van der Waals surface area contributed by atoms with Gasteiger partial charge >= 0.3 is 0 Å². The van der Waals surface area contributed by atoms with Crippen LogP contribution in [0.1, 0.15) is 132 Å². The highest BCUT2D eigenvalue weighted by molar-refractivity contribution is 7.00. The summed E-state index contributed by atoms with van der Waals surface area (Å²) >= 11 is 0. The van der Waals surface area contributed by atoms with Crippen LogP contribution in [0.15, 0.2) is 233 Å². The maximum atomic E-state index is 7.14. The number of anilines is 12. The SMILES string of the molecule is CC(C)(C)c1ccc(N(c2ccc(C(C)(C)C)cc2)c2ccc3c(c2)N(c2cccc4c2oc2ccccc24)c2cc(C(C)(C)C)cc4c2B3c2ccc(N(c3ccc(C(C)(C)C)cc3)c3ccc(C(C)(C)C)cc3)nc2N4c2cccc3c2oc2ccccc23)cc1. The van der Waals surface area contributed by atoms with Gasteiger partial charge in [0, 0.05) is 67.0 Å². The minimum absolute atomic E-state index is 0.0202. The van der Waals surface area contributed by atoms with E-state index in [1.807, 2.05) is 0 Å². The molecule has 0 aliphatic carbocycles. The van der Waals surface area contributed by atoms with Crippen LogP contribution in [0.5, 0.6) is 0 Å². The first-order valence-electron chi connectivity index (χ1n) is 33.0. The van der Waals surface area contributed by atoms with E-state index in [9.17, 15) is 0 Å². The van der Waals surface area contributed by atoms with Gasteiger partial charge in [0.2, 0.25) is 0 Å². The van der Waals surface area contributed by atoms with E-state index < -0.39 is 0 Å². The zero-order valence-electron chi connectivity index (χ0n) is 56.5. The lowest BCUT2D eigenvalue weighted by atomic mass is 9.33. The van der Waals surface area contributed by atoms with Gasteiger partial charge in [-0.1, -0.05) is 225 Å². The highest BCUT2D eigenvalue weighted by atomic mass is 16.3. The number of hydrogen-bond acceptors (Lipinski definition) is 7. The summed E-state index contributed by atoms with van der Waals surface area (Å²) in [6, 6.07) is 83.3. The summed E-state index contributed by atoms with van der Waals surface area (Å²) in [5.74, 6) is 1.63. The number of hydrogen-bond donors (Lipinski definition) is 0. The number of benzene rings is 10. The molecule has 8 heteroatoms. The Morgan fingerprint density at radius 1 is 0.312 bits per heavy atom. The van der Waals surface area contributed by atoms with Gasteiger partial charge < -0.3 is 18.6 Å². The average Bonchev–Trinajstić information content (AvgIpc) is 1.12. The van der Waals surface area contributed by atoms with Gasteiger partial charge in [0.05, 0.1) is 11.4 Å². The average molecular weight is 1220 g/mol. The molecule has 0 unspecified atom stereocenters. The van der Waals surface area contributed by atoms with Gasteiger partial charge in [0.15, 0.2) is 11.2 Å². The maximum absolute atomic E-state index is 7.14. The normalized spacial score (nSPS) is 13.5. The Morgan fingerprint density at radius 3 is 1.13 bits per heavy atom. The molecule has 93 heavy (non-hydrogen) atoms. The highest BCUT2D eigenvalue weighted by Crippen LogP contribution is 2.52. The molecule has 2 aliphatic rings. The second-order valence-corrected chi connectivity index (χ2v) is 31.0. The lowest BCUT2D eigenvalue weighted by molar-refractivity contribution is 0.590. The molecule has 0 amide bonds. The van der Waals surface area contributed by atoms with Crippen LogP contribution in [-0.2, 0) is 27.1 Å². The van der Waals surface area contributed by atoms with E-state index in [-0.39, 0.29) is 33.8 Å². The van der Waals surface area contributed by atoms with Gasteiger partial charge in [-0.2, -0.15) is 0 Å². The number of aromatic nitrogens is 1. The van der Waals surface area contributed by atoms with Crippen molar-refractivity contribution in [2.24, 2.45) is 0 Å². The Bertz CT molecular complexity index is 4640. The van der Waals surface area contributed by atoms with Crippen molar-refractivity contribution < 1.29 is 8.83 Å². The molecule has 7 nitrogen and oxygen atoms in total. The van der Waals surface area contributed by atoms with Crippen molar-refractivity contribution in [2.75, 3.05) is 19.6 Å². The minimum Gasteiger partial charge on any atom is -0.454 e. The Hall–Kier alpha value is -9.79. The molecule has 462 valence electrons. The molecular formula is C85H82BN5O2. The van der Waals surface area contributed by atoms with Crippen molar-refractivity contribution in [3.05, 3.63) is 252 Å². The summed E-state index contributed by atoms with van der Waals surface area (Å²) in [7, 11) is 0. The number of fused-ring (bicyclic) bond motifs is 10. The molecule has 0 bridgehead atoms. The van der Waals surface area contributed by atoms with E-state index in [0.29, 0.717) is 0 Å². The Balaban J connectivity index is 1.04. The van der Waals surface area contributed by atoms with E-state index in [1.165, 1.54) is 33.3 Å². The van der Waals surface area contributed by atoms with Crippen molar-refractivity contribution >= 4 is 135 Å². The molecule has 10 aromatic carbocycles. The fourth-order valence-electron chi connectivity index (χ4n) is 14.2. The Morgan fingerprint density at radius 2 is 0.688 bits per heavy atom. The summed E-state index contributed by atoms with van der Waals surface area (Å²) in [5.41, 5.74) is 22.9. The van der Waals surface area contributed by atoms with Crippen LogP contribution < -0.4 is 36.0 Å². The molecule has 0 spiro atoms. The first kappa shape index (κ1) is 59.5. The predicted octanol–water partition coefficient (Wildman–Crippen LogP) is 22.4. The fourth-order valence-corrected chi connectivity index (χ4v) is 14.2. The van der Waals surface area contributed by atoms with E-state index in [1.54, 1.807) is 0 Å². The first-order valence-corrected chi connectivity index (χ1v) is 33.0. The number of pyridine rings is 1. The largest absolute Gasteiger partial charge is 0.454 e. The van der Waals surface area contributed by atoms with Gasteiger partial charge in [-0.3, -0.25) is 9.80 Å². The number of furan rings is 2. The summed E-state index contributed by atoms with van der Waals surface area (Å²) in [5, 5.41) is 4.26. The van der Waals surface area contributed by atoms with Gasteiger partial charge in [-0.25, -0.2) is 4.98 Å². The summed E-state index contributed by atoms with van der Waals surface area (Å²) in [4.78, 5) is 15.9. The van der Waals surface area contributed by atoms with Crippen molar-refractivity contribution in [1.82, 2.24) is 4.98 Å². The van der Waals surface area contributed by atoms with Gasteiger partial charge in [-0.15, -0.1) is 0 Å². The molecule has 15 rings (SSSR count). The second kappa shape index (κ2) is 21.4. The first-order chi connectivity index (χ1) is 44.3. The van der Waals surface area contributed by atoms with Crippen LogP contribution in [0.4, 0.5) is 68.5 Å². The van der Waals surface area contributed by atoms with Gasteiger partial charge in [0.25, 0.3) is 6.71 Å². The van der Waals surface area contributed by atoms with Crippen LogP contribution in [0, 0.1) is 0 Å². The topological polar surface area (TPSA) is 52.1 Å². The van der Waals surface area contributed by atoms with Crippen LogP contribution >= 0.6 is 0 Å². The van der Waals surface area contributed by atoms with E-state index in [0.717, 1.165) is 123 Å². The molecule has 5 heterocycles. The standard InChI is InChI=1S/C85H82BN5O2/c1-81(2,3)53-30-38-58(39-31-53)88(59-40-32-54(33-41-59)82(4,5)6)62-46-47-67-71(52-62)90(69-26-20-24-65-63-22-16-18-28-74(63)92-78(65)69)72-50-57(85(13,14)15)51-73-77(72)86(67)68-48-49-76(87-80(68)91(73)70-27-21-25-66-64-23-17-19-29-75(64)93-79(66)70)89(60-42-34-55(35-43-60)83(7,8)9)61-44-36-56(37-45-61)84(10,11)12/h16-52H,1-15H3. The Labute approximate surface area is 549 Å². The molecule has 0 fully saturated rings. The summed E-state index contributed by atoms with van der Waals surface area (Å²) in [6.45, 7) is 34.1. The van der Waals surface area contributed by atoms with E-state index in [2.05, 4.69) is 348 Å². The van der Waals surface area contributed by atoms with E-state index in [4.69, 9.17) is 13.8 Å². The molecular weight excluding hydrogens is 1130 g/mol. The second-order valence-electron chi connectivity index (χ2n) is 31.0. The third-order valence-electron chi connectivity index (χ3n) is 19.5. The zero-order valence-corrected chi connectivity index (χ0v) is 56.5. The number of para-hydroxylation sites is 4. The number of nitrogens with zero attached hydrogens (tertiary/aromatic N) is 5. The zero-order chi connectivity index (χ0) is 64.8. The quantitative estimate of drug-likeness (QED) is 0.141. The van der Waals surface area contributed by atoms with Crippen molar-refractivity contribution in [3.63, 3.8) is 0 Å². The maximum Gasteiger partial charge on any atom is 0.254 e. The number of rotatable bonds is 8. The molecule has 3 aromatic heterocycles. The van der Waals surface area contributed by atoms with Crippen LogP contribution in [-0.4, -0.2) is 11.7 Å². The monoisotopic (exact) mass is 1220 g/mol. The smallest absolute Gasteiger partial charge is 0.254 e. The molecule has 0 N–H and O–H groups in total. The third kappa shape index (κ3) is 10.2. The highest BCUT2D eigenvalue weighted by Gasteiger charge is 2.46. The van der Waals surface area contributed by atoms with E-state index >= 15 is 0 Å². The third-order valence-corrected chi connectivity index (χ3v) is 19.5.